The van der Waals surface area contributed by atoms with Crippen molar-refractivity contribution in [1.29, 1.82) is 0 Å². The normalized spacial score (nSPS) is 14.6. The third-order valence-electron chi connectivity index (χ3n) is 2.83. The molecule has 0 saturated carbocycles. The Hall–Kier alpha value is -1.13. The lowest BCUT2D eigenvalue weighted by Gasteiger charge is -2.24. The first kappa shape index (κ1) is 14.9. The molecule has 1 aromatic rings. The minimum atomic E-state index is -0.505. The summed E-state index contributed by atoms with van der Waals surface area (Å²) in [6.07, 6.45) is 0.244. The van der Waals surface area contributed by atoms with Gasteiger partial charge >= 0.3 is 0 Å². The van der Waals surface area contributed by atoms with Crippen molar-refractivity contribution >= 4 is 0 Å². The summed E-state index contributed by atoms with van der Waals surface area (Å²) in [6.45, 7) is 5.62. The highest BCUT2D eigenvalue weighted by Crippen LogP contribution is 2.19. The Morgan fingerprint density at radius 3 is 2.56 bits per heavy atom. The van der Waals surface area contributed by atoms with Gasteiger partial charge in [0.1, 0.15) is 17.7 Å². The summed E-state index contributed by atoms with van der Waals surface area (Å²) in [5.74, 6) is 0.505. The van der Waals surface area contributed by atoms with E-state index >= 15 is 0 Å². The molecule has 0 spiro atoms. The molecule has 0 aromatic heterocycles. The molecule has 0 amide bonds. The molecule has 2 unspecified atom stereocenters. The van der Waals surface area contributed by atoms with Crippen LogP contribution in [0.2, 0.25) is 0 Å². The second kappa shape index (κ2) is 6.71. The van der Waals surface area contributed by atoms with Gasteiger partial charge in [-0.2, -0.15) is 0 Å². The van der Waals surface area contributed by atoms with Gasteiger partial charge in [-0.15, -0.1) is 0 Å². The maximum Gasteiger partial charge on any atom is 0.137 e. The van der Waals surface area contributed by atoms with E-state index in [9.17, 15) is 9.50 Å². The number of ether oxygens (including phenoxy) is 1. The van der Waals surface area contributed by atoms with Crippen LogP contribution in [0.1, 0.15) is 25.8 Å². The van der Waals surface area contributed by atoms with E-state index in [4.69, 9.17) is 10.5 Å². The van der Waals surface area contributed by atoms with Gasteiger partial charge < -0.3 is 15.6 Å². The van der Waals surface area contributed by atoms with Crippen LogP contribution in [-0.2, 0) is 0 Å². The molecule has 2 atom stereocenters. The molecule has 1 rings (SSSR count). The average molecular weight is 255 g/mol. The molecule has 4 heteroatoms. The van der Waals surface area contributed by atoms with Gasteiger partial charge in [0.05, 0.1) is 6.61 Å². The largest absolute Gasteiger partial charge is 0.486 e. The summed E-state index contributed by atoms with van der Waals surface area (Å²) in [7, 11) is 0. The van der Waals surface area contributed by atoms with Gasteiger partial charge in [-0.05, 0) is 30.9 Å². The molecule has 3 N–H and O–H groups in total. The first-order valence-corrected chi connectivity index (χ1v) is 6.23. The molecular weight excluding hydrogens is 233 g/mol. The summed E-state index contributed by atoms with van der Waals surface area (Å²) in [4.78, 5) is 0. The lowest BCUT2D eigenvalue weighted by Crippen LogP contribution is -2.42. The lowest BCUT2D eigenvalue weighted by atomic mass is 10.0. The van der Waals surface area contributed by atoms with Crippen molar-refractivity contribution < 1.29 is 14.2 Å². The second-order valence-electron chi connectivity index (χ2n) is 5.04. The number of aliphatic hydroxyl groups excluding tert-OH is 1. The fourth-order valence-electron chi connectivity index (χ4n) is 1.78. The number of aliphatic hydroxyl groups is 1. The Labute approximate surface area is 108 Å². The first-order chi connectivity index (χ1) is 8.43. The molecule has 0 heterocycles. The van der Waals surface area contributed by atoms with Crippen LogP contribution in [0.5, 0.6) is 5.75 Å². The molecule has 3 nitrogen and oxygen atoms in total. The van der Waals surface area contributed by atoms with Crippen LogP contribution in [0, 0.1) is 18.7 Å². The maximum absolute atomic E-state index is 13.4. The zero-order chi connectivity index (χ0) is 13.7. The minimum Gasteiger partial charge on any atom is -0.486 e. The third-order valence-corrected chi connectivity index (χ3v) is 2.83. The Bertz CT molecular complexity index is 382. The van der Waals surface area contributed by atoms with E-state index < -0.39 is 6.10 Å². The molecular formula is C14H22FNO2. The monoisotopic (exact) mass is 255 g/mol. The molecule has 0 fully saturated rings. The predicted molar refractivity (Wildman–Crippen MR) is 70.1 cm³/mol. The molecule has 0 radical (unpaired) electrons. The van der Waals surface area contributed by atoms with Gasteiger partial charge in [0.15, 0.2) is 0 Å². The minimum absolute atomic E-state index is 0.177. The topological polar surface area (TPSA) is 55.5 Å². The second-order valence-corrected chi connectivity index (χ2v) is 5.04. The van der Waals surface area contributed by atoms with Crippen LogP contribution < -0.4 is 10.5 Å². The Balaban J connectivity index is 2.70. The van der Waals surface area contributed by atoms with E-state index in [0.717, 1.165) is 6.42 Å². The van der Waals surface area contributed by atoms with Gasteiger partial charge in [0.25, 0.3) is 0 Å². The fraction of sp³-hybridized carbons (Fsp3) is 0.571. The van der Waals surface area contributed by atoms with E-state index in [1.54, 1.807) is 19.1 Å². The summed E-state index contributed by atoms with van der Waals surface area (Å²) in [5.41, 5.74) is 6.53. The molecule has 1 aromatic carbocycles. The zero-order valence-electron chi connectivity index (χ0n) is 11.2. The van der Waals surface area contributed by atoms with Gasteiger partial charge in [-0.25, -0.2) is 4.39 Å². The lowest BCUT2D eigenvalue weighted by molar-refractivity contribution is 0.0878. The number of hydrogen-bond acceptors (Lipinski definition) is 3. The smallest absolute Gasteiger partial charge is 0.137 e. The van der Waals surface area contributed by atoms with Crippen LogP contribution in [0.25, 0.3) is 0 Å². The quantitative estimate of drug-likeness (QED) is 0.819. The molecule has 102 valence electrons. The van der Waals surface area contributed by atoms with Crippen LogP contribution in [0.4, 0.5) is 4.39 Å². The molecule has 0 aliphatic rings. The zero-order valence-corrected chi connectivity index (χ0v) is 11.2. The van der Waals surface area contributed by atoms with Crippen molar-refractivity contribution in [2.45, 2.75) is 39.3 Å². The van der Waals surface area contributed by atoms with Crippen molar-refractivity contribution in [1.82, 2.24) is 0 Å². The SMILES string of the molecule is Cc1ccc(OC(CO)C(N)CC(C)C)cc1F. The average Bonchev–Trinajstić information content (AvgIpc) is 2.29. The van der Waals surface area contributed by atoms with Crippen molar-refractivity contribution in [3.05, 3.63) is 29.6 Å². The molecule has 18 heavy (non-hydrogen) atoms. The van der Waals surface area contributed by atoms with Crippen molar-refractivity contribution in [2.24, 2.45) is 11.7 Å². The summed E-state index contributed by atoms with van der Waals surface area (Å²) >= 11 is 0. The predicted octanol–water partition coefficient (Wildman–Crippen LogP) is 2.25. The standard InChI is InChI=1S/C14H22FNO2/c1-9(2)6-13(16)14(8-17)18-11-5-4-10(3)12(15)7-11/h4-5,7,9,13-14,17H,6,8,16H2,1-3H3. The molecule has 0 saturated heterocycles. The van der Waals surface area contributed by atoms with E-state index in [-0.39, 0.29) is 18.5 Å². The van der Waals surface area contributed by atoms with Gasteiger partial charge in [0, 0.05) is 12.1 Å². The molecule has 0 aliphatic heterocycles. The number of nitrogens with two attached hydrogens (primary N) is 1. The van der Waals surface area contributed by atoms with Crippen molar-refractivity contribution in [2.75, 3.05) is 6.61 Å². The van der Waals surface area contributed by atoms with Crippen LogP contribution in [-0.4, -0.2) is 23.9 Å². The highest BCUT2D eigenvalue weighted by Gasteiger charge is 2.20. The number of hydrogen-bond donors (Lipinski definition) is 2. The van der Waals surface area contributed by atoms with E-state index in [2.05, 4.69) is 13.8 Å². The van der Waals surface area contributed by atoms with E-state index in [1.807, 2.05) is 0 Å². The fourth-order valence-corrected chi connectivity index (χ4v) is 1.78. The summed E-state index contributed by atoms with van der Waals surface area (Å²) < 4.78 is 18.9. The number of benzene rings is 1. The van der Waals surface area contributed by atoms with Crippen molar-refractivity contribution in [3.63, 3.8) is 0 Å². The third kappa shape index (κ3) is 4.27. The molecule has 0 bridgehead atoms. The summed E-state index contributed by atoms with van der Waals surface area (Å²) in [5, 5.41) is 9.30. The van der Waals surface area contributed by atoms with Crippen LogP contribution in [0.3, 0.4) is 0 Å². The maximum atomic E-state index is 13.4. The van der Waals surface area contributed by atoms with Crippen LogP contribution >= 0.6 is 0 Å². The summed E-state index contributed by atoms with van der Waals surface area (Å²) in [6, 6.07) is 4.38. The van der Waals surface area contributed by atoms with Crippen LogP contribution in [0.15, 0.2) is 18.2 Å². The number of aryl methyl sites for hydroxylation is 1. The number of halogens is 1. The Kier molecular flexibility index (Phi) is 5.56. The first-order valence-electron chi connectivity index (χ1n) is 6.23. The van der Waals surface area contributed by atoms with Crippen molar-refractivity contribution in [3.8, 4) is 5.75 Å². The Morgan fingerprint density at radius 2 is 2.06 bits per heavy atom. The highest BCUT2D eigenvalue weighted by molar-refractivity contribution is 5.28. The van der Waals surface area contributed by atoms with E-state index in [1.165, 1.54) is 6.07 Å². The van der Waals surface area contributed by atoms with Gasteiger partial charge in [0.2, 0.25) is 0 Å². The highest BCUT2D eigenvalue weighted by atomic mass is 19.1. The van der Waals surface area contributed by atoms with Gasteiger partial charge in [-0.3, -0.25) is 0 Å². The Morgan fingerprint density at radius 1 is 1.39 bits per heavy atom. The number of rotatable bonds is 6. The van der Waals surface area contributed by atoms with E-state index in [0.29, 0.717) is 17.2 Å². The van der Waals surface area contributed by atoms with Gasteiger partial charge in [-0.1, -0.05) is 19.9 Å². The molecule has 0 aliphatic carbocycles.